The van der Waals surface area contributed by atoms with Gasteiger partial charge in [-0.15, -0.1) is 0 Å². The summed E-state index contributed by atoms with van der Waals surface area (Å²) in [4.78, 5) is 9.22. The van der Waals surface area contributed by atoms with Crippen LogP contribution in [-0.4, -0.2) is 20.8 Å². The summed E-state index contributed by atoms with van der Waals surface area (Å²) in [6, 6.07) is 0.397. The largest absolute Gasteiger partial charge is 0.366 e. The van der Waals surface area contributed by atoms with Crippen LogP contribution in [0.1, 0.15) is 31.7 Å². The van der Waals surface area contributed by atoms with Crippen molar-refractivity contribution in [1.29, 1.82) is 0 Å². The highest BCUT2D eigenvalue weighted by Gasteiger charge is 2.08. The number of nitrogens with one attached hydrogen (secondary N) is 1. The lowest BCUT2D eigenvalue weighted by molar-refractivity contribution is 0.702. The molecule has 0 radical (unpaired) electrons. The number of hydrogen-bond donors (Lipinski definition) is 1. The summed E-state index contributed by atoms with van der Waals surface area (Å²) in [6.45, 7) is 8.22. The number of anilines is 1. The Kier molecular flexibility index (Phi) is 4.51. The number of alkyl halides is 1. The summed E-state index contributed by atoms with van der Waals surface area (Å²) >= 11 is 3.55. The molecular weight excluding hydrogens is 254 g/mol. The van der Waals surface area contributed by atoms with Crippen molar-refractivity contribution in [2.45, 2.75) is 45.0 Å². The van der Waals surface area contributed by atoms with E-state index in [1.807, 2.05) is 13.8 Å². The van der Waals surface area contributed by atoms with Crippen LogP contribution in [-0.2, 0) is 0 Å². The number of hydrogen-bond acceptors (Lipinski definition) is 3. The second-order valence-corrected chi connectivity index (χ2v) is 5.57. The first-order valence-corrected chi connectivity index (χ1v) is 6.11. The number of aromatic nitrogens is 2. The number of rotatable bonds is 4. The molecule has 0 aromatic carbocycles. The van der Waals surface area contributed by atoms with Crippen molar-refractivity contribution in [3.05, 3.63) is 17.6 Å². The molecule has 0 saturated carbocycles. The van der Waals surface area contributed by atoms with Crippen LogP contribution in [0.15, 0.2) is 6.20 Å². The summed E-state index contributed by atoms with van der Waals surface area (Å²) in [5, 5.41) is 3.38. The summed E-state index contributed by atoms with van der Waals surface area (Å²) in [5.74, 6) is 0.899. The fourth-order valence-corrected chi connectivity index (χ4v) is 2.01. The van der Waals surface area contributed by atoms with Gasteiger partial charge in [-0.3, -0.25) is 4.98 Å². The van der Waals surface area contributed by atoms with Crippen LogP contribution >= 0.6 is 15.9 Å². The van der Waals surface area contributed by atoms with Gasteiger partial charge in [-0.2, -0.15) is 0 Å². The molecule has 84 valence electrons. The van der Waals surface area contributed by atoms with Crippen molar-refractivity contribution in [2.75, 3.05) is 5.32 Å². The van der Waals surface area contributed by atoms with Gasteiger partial charge in [-0.1, -0.05) is 22.9 Å². The van der Waals surface area contributed by atoms with Gasteiger partial charge in [-0.05, 0) is 27.2 Å². The molecule has 3 nitrogen and oxygen atoms in total. The molecule has 0 spiro atoms. The van der Waals surface area contributed by atoms with Crippen LogP contribution in [0.3, 0.4) is 0 Å². The van der Waals surface area contributed by atoms with Crippen LogP contribution in [0.5, 0.6) is 0 Å². The van der Waals surface area contributed by atoms with Crippen LogP contribution in [0.25, 0.3) is 0 Å². The molecule has 4 heteroatoms. The maximum Gasteiger partial charge on any atom is 0.147 e. The molecule has 1 aromatic rings. The van der Waals surface area contributed by atoms with Gasteiger partial charge < -0.3 is 5.32 Å². The predicted molar refractivity (Wildman–Crippen MR) is 67.6 cm³/mol. The second kappa shape index (κ2) is 5.45. The molecule has 0 fully saturated rings. The van der Waals surface area contributed by atoms with Crippen molar-refractivity contribution in [3.8, 4) is 0 Å². The highest BCUT2D eigenvalue weighted by molar-refractivity contribution is 9.09. The third-order valence-corrected chi connectivity index (χ3v) is 2.51. The molecule has 2 atom stereocenters. The maximum absolute atomic E-state index is 4.43. The summed E-state index contributed by atoms with van der Waals surface area (Å²) < 4.78 is 0. The van der Waals surface area contributed by atoms with E-state index in [2.05, 4.69) is 45.1 Å². The Morgan fingerprint density at radius 1 is 1.40 bits per heavy atom. The van der Waals surface area contributed by atoms with E-state index < -0.39 is 0 Å². The van der Waals surface area contributed by atoms with E-state index in [0.717, 1.165) is 23.6 Å². The fourth-order valence-electron chi connectivity index (χ4n) is 1.45. The molecule has 1 heterocycles. The third-order valence-electron chi connectivity index (χ3n) is 2.14. The Bertz CT molecular complexity index is 326. The zero-order valence-electron chi connectivity index (χ0n) is 9.71. The fraction of sp³-hybridized carbons (Fsp3) is 0.636. The van der Waals surface area contributed by atoms with Gasteiger partial charge in [0, 0.05) is 17.1 Å². The van der Waals surface area contributed by atoms with Crippen molar-refractivity contribution in [3.63, 3.8) is 0 Å². The molecule has 1 N–H and O–H groups in total. The highest BCUT2D eigenvalue weighted by Crippen LogP contribution is 2.14. The van der Waals surface area contributed by atoms with Crippen LogP contribution in [0.2, 0.25) is 0 Å². The Morgan fingerprint density at radius 3 is 2.67 bits per heavy atom. The first-order valence-electron chi connectivity index (χ1n) is 5.20. The Balaban J connectivity index is 2.67. The average Bonchev–Trinajstić information content (AvgIpc) is 2.10. The summed E-state index contributed by atoms with van der Waals surface area (Å²) in [5.41, 5.74) is 1.90. The van der Waals surface area contributed by atoms with Crippen molar-refractivity contribution >= 4 is 21.7 Å². The highest BCUT2D eigenvalue weighted by atomic mass is 79.9. The van der Waals surface area contributed by atoms with Crippen LogP contribution in [0.4, 0.5) is 5.82 Å². The lowest BCUT2D eigenvalue weighted by Crippen LogP contribution is -2.20. The van der Waals surface area contributed by atoms with Crippen LogP contribution < -0.4 is 5.32 Å². The van der Waals surface area contributed by atoms with Gasteiger partial charge in [0.2, 0.25) is 0 Å². The second-order valence-electron chi connectivity index (χ2n) is 4.01. The third kappa shape index (κ3) is 4.16. The SMILES string of the molecule is Cc1cnc(C)c(NC(C)CC(C)Br)n1. The van der Waals surface area contributed by atoms with Gasteiger partial charge in [0.15, 0.2) is 0 Å². The van der Waals surface area contributed by atoms with E-state index in [1.54, 1.807) is 6.20 Å². The minimum Gasteiger partial charge on any atom is -0.366 e. The van der Waals surface area contributed by atoms with Gasteiger partial charge >= 0.3 is 0 Å². The minimum atomic E-state index is 0.397. The molecule has 0 aliphatic rings. The first kappa shape index (κ1) is 12.4. The molecule has 1 aromatic heterocycles. The molecule has 15 heavy (non-hydrogen) atoms. The molecule has 0 amide bonds. The van der Waals surface area contributed by atoms with E-state index in [-0.39, 0.29) is 0 Å². The van der Waals surface area contributed by atoms with E-state index in [1.165, 1.54) is 0 Å². The summed E-state index contributed by atoms with van der Waals surface area (Å²) in [6.07, 6.45) is 2.85. The normalized spacial score (nSPS) is 14.7. The molecule has 2 unspecified atom stereocenters. The van der Waals surface area contributed by atoms with Crippen molar-refractivity contribution in [1.82, 2.24) is 9.97 Å². The van der Waals surface area contributed by atoms with E-state index in [9.17, 15) is 0 Å². The van der Waals surface area contributed by atoms with E-state index in [4.69, 9.17) is 0 Å². The van der Waals surface area contributed by atoms with Gasteiger partial charge in [0.05, 0.1) is 11.4 Å². The summed E-state index contributed by atoms with van der Waals surface area (Å²) in [7, 11) is 0. The average molecular weight is 272 g/mol. The van der Waals surface area contributed by atoms with Gasteiger partial charge in [0.25, 0.3) is 0 Å². The maximum atomic E-state index is 4.43. The molecule has 0 bridgehead atoms. The number of halogens is 1. The zero-order chi connectivity index (χ0) is 11.4. The smallest absolute Gasteiger partial charge is 0.147 e. The predicted octanol–water partition coefficient (Wildman–Crippen LogP) is 3.07. The van der Waals surface area contributed by atoms with Crippen LogP contribution in [0, 0.1) is 13.8 Å². The molecular formula is C11H18BrN3. The molecule has 0 aliphatic heterocycles. The molecule has 1 rings (SSSR count). The Hall–Kier alpha value is -0.640. The standard InChI is InChI=1S/C11H18BrN3/c1-7(12)5-8(2)14-11-10(4)13-6-9(3)15-11/h6-8H,5H2,1-4H3,(H,14,15). The lowest BCUT2D eigenvalue weighted by atomic mass is 10.2. The molecule has 0 aliphatic carbocycles. The minimum absolute atomic E-state index is 0.397. The van der Waals surface area contributed by atoms with Crippen molar-refractivity contribution < 1.29 is 0 Å². The number of nitrogens with zero attached hydrogens (tertiary/aromatic N) is 2. The quantitative estimate of drug-likeness (QED) is 0.856. The van der Waals surface area contributed by atoms with Gasteiger partial charge in [-0.25, -0.2) is 4.98 Å². The monoisotopic (exact) mass is 271 g/mol. The van der Waals surface area contributed by atoms with E-state index >= 15 is 0 Å². The first-order chi connectivity index (χ1) is 6.99. The Labute approximate surface area is 99.8 Å². The lowest BCUT2D eigenvalue weighted by Gasteiger charge is -2.17. The van der Waals surface area contributed by atoms with E-state index in [0.29, 0.717) is 10.9 Å². The van der Waals surface area contributed by atoms with Gasteiger partial charge in [0.1, 0.15) is 5.82 Å². The Morgan fingerprint density at radius 2 is 2.07 bits per heavy atom. The zero-order valence-corrected chi connectivity index (χ0v) is 11.3. The number of aryl methyl sites for hydroxylation is 2. The topological polar surface area (TPSA) is 37.8 Å². The molecule has 0 saturated heterocycles. The van der Waals surface area contributed by atoms with Crippen molar-refractivity contribution in [2.24, 2.45) is 0 Å².